The molecule has 0 aliphatic carbocycles. The number of methoxy groups -OCH3 is 1. The molecule has 0 radical (unpaired) electrons. The topological polar surface area (TPSA) is 122 Å². The molecule has 1 atom stereocenters. The van der Waals surface area contributed by atoms with Crippen molar-refractivity contribution in [1.29, 1.82) is 0 Å². The first-order valence-corrected chi connectivity index (χ1v) is 6.50. The van der Waals surface area contributed by atoms with Crippen molar-refractivity contribution in [3.63, 3.8) is 0 Å². The molecule has 0 saturated heterocycles. The fraction of sp³-hybridized carbons (Fsp3) is 0.636. The van der Waals surface area contributed by atoms with Gasteiger partial charge in [0.2, 0.25) is 11.8 Å². The first-order valence-electron chi connectivity index (χ1n) is 5.87. The molecular formula is C11H18N2O6S. The Balaban J connectivity index is 4.11. The van der Waals surface area contributed by atoms with E-state index in [9.17, 15) is 19.2 Å². The van der Waals surface area contributed by atoms with E-state index in [2.05, 4.69) is 28.0 Å². The molecule has 0 aromatic carbocycles. The minimum Gasteiger partial charge on any atom is -0.481 e. The summed E-state index contributed by atoms with van der Waals surface area (Å²) in [6.45, 7) is -0.297. The number of rotatable bonds is 9. The summed E-state index contributed by atoms with van der Waals surface area (Å²) in [4.78, 5) is 44.3. The van der Waals surface area contributed by atoms with Gasteiger partial charge in [0.15, 0.2) is 0 Å². The van der Waals surface area contributed by atoms with E-state index >= 15 is 0 Å². The molecular weight excluding hydrogens is 288 g/mol. The Morgan fingerprint density at radius 2 is 1.90 bits per heavy atom. The number of thiol groups is 1. The van der Waals surface area contributed by atoms with Gasteiger partial charge in [-0.2, -0.15) is 12.6 Å². The van der Waals surface area contributed by atoms with Gasteiger partial charge in [0.25, 0.3) is 0 Å². The average Bonchev–Trinajstić information content (AvgIpc) is 2.41. The molecule has 0 spiro atoms. The molecule has 1 unspecified atom stereocenters. The number of hydrogen-bond acceptors (Lipinski definition) is 6. The number of carbonyl (C=O) groups excluding carboxylic acids is 3. The average molecular weight is 306 g/mol. The van der Waals surface area contributed by atoms with Crippen LogP contribution in [0.5, 0.6) is 0 Å². The van der Waals surface area contributed by atoms with Crippen LogP contribution in [0.25, 0.3) is 0 Å². The molecule has 0 fully saturated rings. The predicted octanol–water partition coefficient (Wildman–Crippen LogP) is -1.05. The van der Waals surface area contributed by atoms with Crippen LogP contribution in [0, 0.1) is 0 Å². The number of ether oxygens (including phenoxy) is 1. The third kappa shape index (κ3) is 8.35. The van der Waals surface area contributed by atoms with E-state index in [0.717, 1.165) is 0 Å². The van der Waals surface area contributed by atoms with Gasteiger partial charge in [-0.15, -0.1) is 0 Å². The Hall–Kier alpha value is -1.77. The minimum absolute atomic E-state index is 0.000853. The summed E-state index contributed by atoms with van der Waals surface area (Å²) in [5.74, 6) is -2.54. The Bertz CT molecular complexity index is 374. The van der Waals surface area contributed by atoms with E-state index in [1.54, 1.807) is 0 Å². The van der Waals surface area contributed by atoms with Gasteiger partial charge < -0.3 is 20.5 Å². The molecule has 8 nitrogen and oxygen atoms in total. The summed E-state index contributed by atoms with van der Waals surface area (Å²) in [7, 11) is 1.19. The highest BCUT2D eigenvalue weighted by Gasteiger charge is 2.19. The molecule has 0 aliphatic heterocycles. The molecule has 0 aliphatic rings. The van der Waals surface area contributed by atoms with E-state index in [4.69, 9.17) is 5.11 Å². The van der Waals surface area contributed by atoms with E-state index in [0.29, 0.717) is 0 Å². The number of carboxylic acids is 1. The van der Waals surface area contributed by atoms with Crippen molar-refractivity contribution in [3.05, 3.63) is 0 Å². The van der Waals surface area contributed by atoms with Gasteiger partial charge in [-0.05, 0) is 6.42 Å². The molecule has 2 amide bonds. The molecule has 0 aromatic heterocycles. The highest BCUT2D eigenvalue weighted by molar-refractivity contribution is 7.80. The zero-order valence-corrected chi connectivity index (χ0v) is 11.9. The van der Waals surface area contributed by atoms with E-state index in [-0.39, 0.29) is 31.6 Å². The first kappa shape index (κ1) is 18.2. The van der Waals surface area contributed by atoms with Crippen LogP contribution in [0.1, 0.15) is 19.3 Å². The van der Waals surface area contributed by atoms with Crippen LogP contribution in [0.15, 0.2) is 0 Å². The largest absolute Gasteiger partial charge is 0.481 e. The van der Waals surface area contributed by atoms with Gasteiger partial charge in [-0.25, -0.2) is 0 Å². The highest BCUT2D eigenvalue weighted by Crippen LogP contribution is 1.97. The maximum absolute atomic E-state index is 11.6. The van der Waals surface area contributed by atoms with Gasteiger partial charge in [0, 0.05) is 18.6 Å². The number of aliphatic carboxylic acids is 1. The van der Waals surface area contributed by atoms with Crippen molar-refractivity contribution in [1.82, 2.24) is 10.6 Å². The van der Waals surface area contributed by atoms with Crippen molar-refractivity contribution >= 4 is 36.4 Å². The lowest BCUT2D eigenvalue weighted by Crippen LogP contribution is -2.49. The highest BCUT2D eigenvalue weighted by atomic mass is 32.1. The second-order valence-corrected chi connectivity index (χ2v) is 4.21. The zero-order chi connectivity index (χ0) is 15.5. The Morgan fingerprint density at radius 3 is 2.40 bits per heavy atom. The number of hydrogen-bond donors (Lipinski definition) is 4. The lowest BCUT2D eigenvalue weighted by atomic mass is 10.2. The van der Waals surface area contributed by atoms with Crippen LogP contribution in [0.3, 0.4) is 0 Å². The lowest BCUT2D eigenvalue weighted by Gasteiger charge is -2.15. The van der Waals surface area contributed by atoms with Crippen molar-refractivity contribution in [2.45, 2.75) is 25.3 Å². The Morgan fingerprint density at radius 1 is 1.25 bits per heavy atom. The summed E-state index contributed by atoms with van der Waals surface area (Å²) in [5, 5.41) is 13.1. The molecule has 9 heteroatoms. The van der Waals surface area contributed by atoms with Crippen molar-refractivity contribution in [3.8, 4) is 0 Å². The van der Waals surface area contributed by atoms with Crippen molar-refractivity contribution in [2.75, 3.05) is 19.4 Å². The fourth-order valence-corrected chi connectivity index (χ4v) is 1.47. The molecule has 0 aromatic rings. The van der Waals surface area contributed by atoms with Crippen molar-refractivity contribution < 1.29 is 29.0 Å². The summed E-state index contributed by atoms with van der Waals surface area (Å²) in [5.41, 5.74) is 0. The van der Waals surface area contributed by atoms with Crippen LogP contribution in [-0.4, -0.2) is 54.3 Å². The molecule has 0 rings (SSSR count). The molecule has 0 saturated carbocycles. The van der Waals surface area contributed by atoms with Gasteiger partial charge >= 0.3 is 11.9 Å². The van der Waals surface area contributed by atoms with Crippen LogP contribution >= 0.6 is 12.6 Å². The number of carbonyl (C=O) groups is 4. The SMILES string of the molecule is COC(=O)CNC(=O)C(CS)NC(=O)CCCC(=O)O. The van der Waals surface area contributed by atoms with E-state index < -0.39 is 29.8 Å². The van der Waals surface area contributed by atoms with Crippen LogP contribution in [0.2, 0.25) is 0 Å². The van der Waals surface area contributed by atoms with E-state index in [1.165, 1.54) is 7.11 Å². The number of esters is 1. The van der Waals surface area contributed by atoms with Crippen molar-refractivity contribution in [2.24, 2.45) is 0 Å². The van der Waals surface area contributed by atoms with Gasteiger partial charge in [-0.1, -0.05) is 0 Å². The maximum Gasteiger partial charge on any atom is 0.325 e. The quantitative estimate of drug-likeness (QED) is 0.318. The van der Waals surface area contributed by atoms with Crippen LogP contribution < -0.4 is 10.6 Å². The Labute approximate surface area is 121 Å². The van der Waals surface area contributed by atoms with Gasteiger partial charge in [0.1, 0.15) is 12.6 Å². The number of nitrogens with one attached hydrogen (secondary N) is 2. The third-order valence-electron chi connectivity index (χ3n) is 2.26. The fourth-order valence-electron chi connectivity index (χ4n) is 1.22. The standard InChI is InChI=1S/C11H18N2O6S/c1-19-10(17)5-12-11(18)7(6-20)13-8(14)3-2-4-9(15)16/h7,20H,2-6H2,1H3,(H,12,18)(H,13,14)(H,15,16). The van der Waals surface area contributed by atoms with Crippen LogP contribution in [0.4, 0.5) is 0 Å². The maximum atomic E-state index is 11.6. The predicted molar refractivity (Wildman–Crippen MR) is 72.3 cm³/mol. The normalized spacial score (nSPS) is 11.3. The molecule has 20 heavy (non-hydrogen) atoms. The molecule has 0 heterocycles. The molecule has 3 N–H and O–H groups in total. The Kier molecular flexibility index (Phi) is 9.18. The third-order valence-corrected chi connectivity index (χ3v) is 2.63. The minimum atomic E-state index is -0.987. The monoisotopic (exact) mass is 306 g/mol. The first-order chi connectivity index (χ1) is 9.40. The van der Waals surface area contributed by atoms with E-state index in [1.807, 2.05) is 0 Å². The smallest absolute Gasteiger partial charge is 0.325 e. The summed E-state index contributed by atoms with van der Waals surface area (Å²) in [6.07, 6.45) is 0.0681. The lowest BCUT2D eigenvalue weighted by molar-refractivity contribution is -0.141. The van der Waals surface area contributed by atoms with Gasteiger partial charge in [-0.3, -0.25) is 19.2 Å². The second kappa shape index (κ2) is 10.1. The van der Waals surface area contributed by atoms with Crippen LogP contribution in [-0.2, 0) is 23.9 Å². The summed E-state index contributed by atoms with van der Waals surface area (Å²) >= 11 is 3.93. The van der Waals surface area contributed by atoms with Gasteiger partial charge in [0.05, 0.1) is 7.11 Å². The molecule has 0 bridgehead atoms. The zero-order valence-electron chi connectivity index (χ0n) is 11.0. The summed E-state index contributed by atoms with van der Waals surface area (Å²) < 4.78 is 4.35. The molecule has 114 valence electrons. The summed E-state index contributed by atoms with van der Waals surface area (Å²) in [6, 6.07) is -0.889. The number of amides is 2. The number of carboxylic acid groups (broad SMARTS) is 1. The second-order valence-electron chi connectivity index (χ2n) is 3.84.